The second-order valence-electron chi connectivity index (χ2n) is 3.16. The Labute approximate surface area is 99.6 Å². The lowest BCUT2D eigenvalue weighted by atomic mass is 10.5. The molecule has 0 fully saturated rings. The van der Waals surface area contributed by atoms with E-state index >= 15 is 0 Å². The zero-order chi connectivity index (χ0) is 12.7. The summed E-state index contributed by atoms with van der Waals surface area (Å²) in [5.74, 6) is 0.405. The number of aliphatic hydroxyl groups is 1. The van der Waals surface area contributed by atoms with Gasteiger partial charge in [0.15, 0.2) is 0 Å². The van der Waals surface area contributed by atoms with Crippen molar-refractivity contribution in [2.45, 2.75) is 11.6 Å². The number of hydrogen-bond acceptors (Lipinski definition) is 6. The van der Waals surface area contributed by atoms with Gasteiger partial charge in [-0.1, -0.05) is 0 Å². The topological polar surface area (TPSA) is 115 Å². The highest BCUT2D eigenvalue weighted by atomic mass is 32.2. The van der Waals surface area contributed by atoms with E-state index in [1.807, 2.05) is 0 Å². The Hall–Kier alpha value is -0.930. The fraction of sp³-hybridized carbons (Fsp3) is 0.556. The predicted octanol–water partition coefficient (Wildman–Crippen LogP) is -0.974. The van der Waals surface area contributed by atoms with Crippen LogP contribution in [-0.4, -0.2) is 39.9 Å². The molecule has 1 rings (SSSR count). The summed E-state index contributed by atoms with van der Waals surface area (Å²) < 4.78 is 35.5. The summed E-state index contributed by atoms with van der Waals surface area (Å²) in [7, 11) is -3.65. The Bertz CT molecular complexity index is 428. The summed E-state index contributed by atoms with van der Waals surface area (Å²) >= 11 is 0. The summed E-state index contributed by atoms with van der Waals surface area (Å²) in [6, 6.07) is 2.86. The molecule has 0 aromatic carbocycles. The zero-order valence-corrected chi connectivity index (χ0v) is 10.1. The van der Waals surface area contributed by atoms with Crippen molar-refractivity contribution in [3.63, 3.8) is 0 Å². The molecule has 4 N–H and O–H groups in total. The Morgan fingerprint density at radius 1 is 1.41 bits per heavy atom. The number of ether oxygens (including phenoxy) is 1. The molecule has 0 aliphatic carbocycles. The van der Waals surface area contributed by atoms with Crippen LogP contribution >= 0.6 is 0 Å². The van der Waals surface area contributed by atoms with E-state index in [4.69, 9.17) is 20.0 Å². The van der Waals surface area contributed by atoms with Gasteiger partial charge >= 0.3 is 0 Å². The molecular formula is C9H16N2O5S. The summed E-state index contributed by atoms with van der Waals surface area (Å²) in [5, 5.41) is 8.28. The van der Waals surface area contributed by atoms with Crippen LogP contribution in [0.2, 0.25) is 0 Å². The van der Waals surface area contributed by atoms with Crippen molar-refractivity contribution < 1.29 is 22.7 Å². The maximum Gasteiger partial charge on any atom is 0.274 e. The lowest BCUT2D eigenvalue weighted by Gasteiger charge is -2.04. The second-order valence-corrected chi connectivity index (χ2v) is 4.86. The fourth-order valence-corrected chi connectivity index (χ4v) is 2.06. The molecule has 0 atom stereocenters. The highest BCUT2D eigenvalue weighted by Gasteiger charge is 2.17. The maximum absolute atomic E-state index is 11.6. The van der Waals surface area contributed by atoms with E-state index in [-0.39, 0.29) is 38.0 Å². The van der Waals surface area contributed by atoms with Gasteiger partial charge in [0.05, 0.1) is 26.4 Å². The number of aliphatic hydroxyl groups excluding tert-OH is 1. The standard InChI is InChI=1S/C9H16N2O5S/c10-7-8-1-2-9(16-8)17(13,14)11-3-5-15-6-4-12/h1-2,11-12H,3-7,10H2. The van der Waals surface area contributed by atoms with Crippen molar-refractivity contribution in [1.82, 2.24) is 4.72 Å². The smallest absolute Gasteiger partial charge is 0.274 e. The van der Waals surface area contributed by atoms with Crippen molar-refractivity contribution in [1.29, 1.82) is 0 Å². The molecule has 17 heavy (non-hydrogen) atoms. The molecule has 0 amide bonds. The van der Waals surface area contributed by atoms with Crippen molar-refractivity contribution in [2.24, 2.45) is 5.73 Å². The molecule has 0 spiro atoms. The van der Waals surface area contributed by atoms with Crippen LogP contribution in [0.4, 0.5) is 0 Å². The minimum Gasteiger partial charge on any atom is -0.447 e. The molecule has 1 heterocycles. The van der Waals surface area contributed by atoms with Gasteiger partial charge in [0, 0.05) is 6.54 Å². The quantitative estimate of drug-likeness (QED) is 0.520. The maximum atomic E-state index is 11.6. The molecular weight excluding hydrogens is 248 g/mol. The fourth-order valence-electron chi connectivity index (χ4n) is 1.10. The number of nitrogens with two attached hydrogens (primary N) is 1. The Morgan fingerprint density at radius 2 is 2.18 bits per heavy atom. The monoisotopic (exact) mass is 264 g/mol. The van der Waals surface area contributed by atoms with E-state index in [0.717, 1.165) is 0 Å². The number of sulfonamides is 1. The van der Waals surface area contributed by atoms with Crippen molar-refractivity contribution >= 4 is 10.0 Å². The van der Waals surface area contributed by atoms with Crippen molar-refractivity contribution in [3.8, 4) is 0 Å². The molecule has 0 aliphatic rings. The van der Waals surface area contributed by atoms with E-state index in [1.165, 1.54) is 12.1 Å². The third-order valence-corrected chi connectivity index (χ3v) is 3.21. The summed E-state index contributed by atoms with van der Waals surface area (Å²) in [6.07, 6.45) is 0. The van der Waals surface area contributed by atoms with Crippen LogP contribution < -0.4 is 10.5 Å². The van der Waals surface area contributed by atoms with Gasteiger partial charge in [-0.15, -0.1) is 0 Å². The van der Waals surface area contributed by atoms with Crippen LogP contribution in [0.3, 0.4) is 0 Å². The highest BCUT2D eigenvalue weighted by Crippen LogP contribution is 2.12. The van der Waals surface area contributed by atoms with Gasteiger partial charge in [0.2, 0.25) is 5.09 Å². The van der Waals surface area contributed by atoms with Crippen molar-refractivity contribution in [2.75, 3.05) is 26.4 Å². The third-order valence-electron chi connectivity index (χ3n) is 1.88. The molecule has 0 saturated carbocycles. The molecule has 7 nitrogen and oxygen atoms in total. The van der Waals surface area contributed by atoms with Gasteiger partial charge in [0.25, 0.3) is 10.0 Å². The van der Waals surface area contributed by atoms with Gasteiger partial charge in [-0.3, -0.25) is 0 Å². The SMILES string of the molecule is NCc1ccc(S(=O)(=O)NCCOCCO)o1. The molecule has 98 valence electrons. The molecule has 0 saturated heterocycles. The van der Waals surface area contributed by atoms with E-state index < -0.39 is 10.0 Å². The lowest BCUT2D eigenvalue weighted by Crippen LogP contribution is -2.27. The van der Waals surface area contributed by atoms with Crippen molar-refractivity contribution in [3.05, 3.63) is 17.9 Å². The van der Waals surface area contributed by atoms with Crippen LogP contribution in [0, 0.1) is 0 Å². The van der Waals surface area contributed by atoms with E-state index in [1.54, 1.807) is 0 Å². The number of hydrogen-bond donors (Lipinski definition) is 3. The molecule has 1 aromatic heterocycles. The average Bonchev–Trinajstić information content (AvgIpc) is 2.78. The number of furan rings is 1. The first-order valence-corrected chi connectivity index (χ1v) is 6.55. The van der Waals surface area contributed by atoms with Gasteiger partial charge in [0.1, 0.15) is 5.76 Å². The van der Waals surface area contributed by atoms with Gasteiger partial charge < -0.3 is 20.0 Å². The lowest BCUT2D eigenvalue weighted by molar-refractivity contribution is 0.0961. The average molecular weight is 264 g/mol. The normalized spacial score (nSPS) is 11.9. The number of rotatable bonds is 8. The van der Waals surface area contributed by atoms with Crippen LogP contribution in [0.25, 0.3) is 0 Å². The van der Waals surface area contributed by atoms with E-state index in [9.17, 15) is 8.42 Å². The molecule has 8 heteroatoms. The van der Waals surface area contributed by atoms with Crippen LogP contribution in [0.15, 0.2) is 21.6 Å². The first kappa shape index (κ1) is 14.1. The minimum absolute atomic E-state index is 0.0925. The Balaban J connectivity index is 2.45. The minimum atomic E-state index is -3.65. The number of nitrogens with one attached hydrogen (secondary N) is 1. The second kappa shape index (κ2) is 6.72. The Kier molecular flexibility index (Phi) is 5.59. The molecule has 0 radical (unpaired) electrons. The van der Waals surface area contributed by atoms with Gasteiger partial charge in [-0.25, -0.2) is 13.1 Å². The molecule has 0 unspecified atom stereocenters. The summed E-state index contributed by atoms with van der Waals surface area (Å²) in [4.78, 5) is 0. The highest BCUT2D eigenvalue weighted by molar-refractivity contribution is 7.89. The van der Waals surface area contributed by atoms with Crippen LogP contribution in [0.1, 0.15) is 5.76 Å². The van der Waals surface area contributed by atoms with E-state index in [2.05, 4.69) is 4.72 Å². The third kappa shape index (κ3) is 4.44. The molecule has 0 aliphatic heterocycles. The van der Waals surface area contributed by atoms with Crippen LogP contribution in [-0.2, 0) is 21.3 Å². The van der Waals surface area contributed by atoms with Gasteiger partial charge in [-0.2, -0.15) is 0 Å². The Morgan fingerprint density at radius 3 is 2.76 bits per heavy atom. The van der Waals surface area contributed by atoms with Crippen LogP contribution in [0.5, 0.6) is 0 Å². The zero-order valence-electron chi connectivity index (χ0n) is 9.26. The first-order chi connectivity index (χ1) is 8.10. The van der Waals surface area contributed by atoms with Gasteiger partial charge in [-0.05, 0) is 12.1 Å². The first-order valence-electron chi connectivity index (χ1n) is 5.07. The van der Waals surface area contributed by atoms with E-state index in [0.29, 0.717) is 5.76 Å². The molecule has 0 bridgehead atoms. The summed E-state index contributed by atoms with van der Waals surface area (Å²) in [5.41, 5.74) is 5.31. The largest absolute Gasteiger partial charge is 0.447 e. The predicted molar refractivity (Wildman–Crippen MR) is 59.7 cm³/mol. The molecule has 1 aromatic rings. The summed E-state index contributed by atoms with van der Waals surface area (Å²) in [6.45, 7) is 0.533.